The van der Waals surface area contributed by atoms with Gasteiger partial charge < -0.3 is 0 Å². The second-order valence-corrected chi connectivity index (χ2v) is 5.99. The summed E-state index contributed by atoms with van der Waals surface area (Å²) in [7, 11) is -1.17. The van der Waals surface area contributed by atoms with Crippen molar-refractivity contribution in [3.63, 3.8) is 0 Å². The predicted molar refractivity (Wildman–Crippen MR) is 79.8 cm³/mol. The molecule has 0 saturated heterocycles. The van der Waals surface area contributed by atoms with E-state index in [4.69, 9.17) is 0 Å². The summed E-state index contributed by atoms with van der Waals surface area (Å²) in [5.74, 6) is 0. The van der Waals surface area contributed by atoms with E-state index < -0.39 is 11.0 Å². The zero-order chi connectivity index (χ0) is 12.5. The summed E-state index contributed by atoms with van der Waals surface area (Å²) in [6.45, 7) is 0. The van der Waals surface area contributed by atoms with Crippen molar-refractivity contribution in [2.75, 3.05) is 11.0 Å². The van der Waals surface area contributed by atoms with Gasteiger partial charge in [0.1, 0.15) is 11.0 Å². The number of thioether (sulfide) groups is 1. The molecule has 0 saturated carbocycles. The summed E-state index contributed by atoms with van der Waals surface area (Å²) in [5, 5.41) is 1.78. The molecule has 2 aliphatic rings. The van der Waals surface area contributed by atoms with Gasteiger partial charge in [-0.1, -0.05) is 30.4 Å². The Hall–Kier alpha value is -1.26. The first-order chi connectivity index (χ1) is 8.79. The molecule has 0 amide bonds. The summed E-state index contributed by atoms with van der Waals surface area (Å²) in [5.41, 5.74) is 4.35. The Morgan fingerprint density at radius 2 is 2.28 bits per heavy atom. The second-order valence-electron chi connectivity index (χ2n) is 4.11. The molecule has 0 bridgehead atoms. The number of benzene rings is 1. The standard InChI is InChI=1S/C14H13NOS2/c1-17-13-8-4-7-12-11-6-3-2-5-10(11)9-18(16)15-14(12)13/h2,4-9,15H,3H2,1H3/t18-/m0/s1. The Morgan fingerprint density at radius 1 is 1.39 bits per heavy atom. The molecule has 0 radical (unpaired) electrons. The molecule has 1 heterocycles. The number of fused-ring (bicyclic) bond motifs is 3. The van der Waals surface area contributed by atoms with Gasteiger partial charge in [0.15, 0.2) is 0 Å². The van der Waals surface area contributed by atoms with Crippen LogP contribution < -0.4 is 4.72 Å². The van der Waals surface area contributed by atoms with Crippen LogP contribution >= 0.6 is 11.8 Å². The molecule has 18 heavy (non-hydrogen) atoms. The van der Waals surface area contributed by atoms with Gasteiger partial charge in [-0.2, -0.15) is 0 Å². The third-order valence-electron chi connectivity index (χ3n) is 3.04. The molecule has 3 rings (SSSR count). The highest BCUT2D eigenvalue weighted by Crippen LogP contribution is 2.40. The monoisotopic (exact) mass is 275 g/mol. The van der Waals surface area contributed by atoms with Crippen molar-refractivity contribution in [2.45, 2.75) is 11.3 Å². The van der Waals surface area contributed by atoms with E-state index in [1.165, 1.54) is 5.57 Å². The Balaban J connectivity index is 2.24. The zero-order valence-electron chi connectivity index (χ0n) is 9.97. The van der Waals surface area contributed by atoms with Gasteiger partial charge in [-0.15, -0.1) is 11.8 Å². The van der Waals surface area contributed by atoms with Crippen LogP contribution in [0.2, 0.25) is 0 Å². The number of nitrogens with one attached hydrogen (secondary N) is 1. The number of anilines is 1. The second kappa shape index (κ2) is 4.78. The molecule has 0 spiro atoms. The maximum atomic E-state index is 12.0. The normalized spacial score (nSPS) is 21.1. The number of hydrogen-bond acceptors (Lipinski definition) is 2. The largest absolute Gasteiger partial charge is 0.300 e. The molecule has 1 N–H and O–H groups in total. The van der Waals surface area contributed by atoms with Crippen LogP contribution in [0.25, 0.3) is 5.57 Å². The molecule has 1 aromatic rings. The van der Waals surface area contributed by atoms with Crippen molar-refractivity contribution in [3.05, 3.63) is 53.0 Å². The number of allylic oxidation sites excluding steroid dienone is 5. The fraction of sp³-hybridized carbons (Fsp3) is 0.143. The molecule has 1 atom stereocenters. The summed E-state index contributed by atoms with van der Waals surface area (Å²) < 4.78 is 15.1. The van der Waals surface area contributed by atoms with Crippen LogP contribution in [0.15, 0.2) is 52.3 Å². The van der Waals surface area contributed by atoms with Crippen molar-refractivity contribution >= 4 is 34.0 Å². The number of rotatable bonds is 1. The fourth-order valence-electron chi connectivity index (χ4n) is 2.23. The summed E-state index contributed by atoms with van der Waals surface area (Å²) in [6.07, 6.45) is 9.31. The molecular formula is C14H13NOS2. The third-order valence-corrected chi connectivity index (χ3v) is 4.69. The van der Waals surface area contributed by atoms with Crippen molar-refractivity contribution in [1.82, 2.24) is 0 Å². The van der Waals surface area contributed by atoms with E-state index >= 15 is 0 Å². The number of hydrogen-bond donors (Lipinski definition) is 1. The van der Waals surface area contributed by atoms with Gasteiger partial charge in [0, 0.05) is 15.9 Å². The van der Waals surface area contributed by atoms with Gasteiger partial charge in [-0.25, -0.2) is 4.21 Å². The first kappa shape index (κ1) is 11.8. The van der Waals surface area contributed by atoms with Crippen molar-refractivity contribution in [2.24, 2.45) is 0 Å². The van der Waals surface area contributed by atoms with E-state index in [1.807, 2.05) is 6.26 Å². The molecule has 0 aromatic heterocycles. The maximum Gasteiger partial charge on any atom is 0.143 e. The highest BCUT2D eigenvalue weighted by molar-refractivity contribution is 7.98. The van der Waals surface area contributed by atoms with Crippen molar-refractivity contribution in [1.29, 1.82) is 0 Å². The predicted octanol–water partition coefficient (Wildman–Crippen LogP) is 3.72. The lowest BCUT2D eigenvalue weighted by atomic mass is 9.93. The van der Waals surface area contributed by atoms with Gasteiger partial charge in [0.25, 0.3) is 0 Å². The van der Waals surface area contributed by atoms with Crippen LogP contribution in [0, 0.1) is 0 Å². The first-order valence-electron chi connectivity index (χ1n) is 5.73. The Kier molecular flexibility index (Phi) is 3.14. The van der Waals surface area contributed by atoms with Crippen LogP contribution in [0.4, 0.5) is 5.69 Å². The highest BCUT2D eigenvalue weighted by Gasteiger charge is 2.20. The molecule has 0 unspecified atom stereocenters. The van der Waals surface area contributed by atoms with E-state index in [9.17, 15) is 4.21 Å². The minimum absolute atomic E-state index is 0.933. The van der Waals surface area contributed by atoms with E-state index in [-0.39, 0.29) is 0 Å². The van der Waals surface area contributed by atoms with Crippen molar-refractivity contribution in [3.8, 4) is 0 Å². The minimum atomic E-state index is -1.17. The van der Waals surface area contributed by atoms with Crippen LogP contribution in [-0.2, 0) is 11.0 Å². The average molecular weight is 275 g/mol. The zero-order valence-corrected chi connectivity index (χ0v) is 11.6. The first-order valence-corrected chi connectivity index (χ1v) is 8.17. The van der Waals surface area contributed by atoms with Crippen LogP contribution in [-0.4, -0.2) is 10.5 Å². The molecule has 4 heteroatoms. The Labute approximate surface area is 113 Å². The molecule has 1 aliphatic carbocycles. The fourth-order valence-corrected chi connectivity index (χ4v) is 3.79. The van der Waals surface area contributed by atoms with E-state index in [0.29, 0.717) is 0 Å². The maximum absolute atomic E-state index is 12.0. The van der Waals surface area contributed by atoms with E-state index in [0.717, 1.165) is 28.1 Å². The lowest BCUT2D eigenvalue weighted by Gasteiger charge is -2.15. The summed E-state index contributed by atoms with van der Waals surface area (Å²) in [4.78, 5) is 1.13. The molecule has 92 valence electrons. The van der Waals surface area contributed by atoms with Gasteiger partial charge >= 0.3 is 0 Å². The Bertz CT molecular complexity index is 614. The van der Waals surface area contributed by atoms with E-state index in [2.05, 4.69) is 41.1 Å². The summed E-state index contributed by atoms with van der Waals surface area (Å²) >= 11 is 1.67. The molecule has 1 aliphatic heterocycles. The Morgan fingerprint density at radius 3 is 3.11 bits per heavy atom. The van der Waals surface area contributed by atoms with Gasteiger partial charge in [0.05, 0.1) is 5.69 Å². The minimum Gasteiger partial charge on any atom is -0.300 e. The topological polar surface area (TPSA) is 29.1 Å². The smallest absolute Gasteiger partial charge is 0.143 e. The van der Waals surface area contributed by atoms with Crippen molar-refractivity contribution < 1.29 is 4.21 Å². The molecule has 0 fully saturated rings. The van der Waals surface area contributed by atoms with Crippen LogP contribution in [0.1, 0.15) is 12.0 Å². The molecule has 2 nitrogen and oxygen atoms in total. The quantitative estimate of drug-likeness (QED) is 0.791. The lowest BCUT2D eigenvalue weighted by molar-refractivity contribution is 0.691. The lowest BCUT2D eigenvalue weighted by Crippen LogP contribution is -2.02. The number of para-hydroxylation sites is 1. The third kappa shape index (κ3) is 1.95. The summed E-state index contributed by atoms with van der Waals surface area (Å²) in [6, 6.07) is 6.19. The average Bonchev–Trinajstić information content (AvgIpc) is 2.53. The SMILES string of the molecule is CSc1cccc2c1N[S@@](=O)C=C1C=CCC=C12. The van der Waals surface area contributed by atoms with Crippen LogP contribution in [0.3, 0.4) is 0 Å². The van der Waals surface area contributed by atoms with Crippen LogP contribution in [0.5, 0.6) is 0 Å². The highest BCUT2D eigenvalue weighted by atomic mass is 32.2. The molecule has 1 aromatic carbocycles. The van der Waals surface area contributed by atoms with Gasteiger partial charge in [-0.3, -0.25) is 4.72 Å². The molecular weight excluding hydrogens is 262 g/mol. The van der Waals surface area contributed by atoms with Gasteiger partial charge in [0.2, 0.25) is 0 Å². The van der Waals surface area contributed by atoms with Gasteiger partial charge in [-0.05, 0) is 29.9 Å². The van der Waals surface area contributed by atoms with E-state index in [1.54, 1.807) is 17.2 Å².